The van der Waals surface area contributed by atoms with Gasteiger partial charge >= 0.3 is 0 Å². The third kappa shape index (κ3) is 4.51. The van der Waals surface area contributed by atoms with E-state index in [0.29, 0.717) is 6.54 Å². The second kappa shape index (κ2) is 6.87. The van der Waals surface area contributed by atoms with Crippen molar-refractivity contribution in [1.29, 1.82) is 0 Å². The molecule has 1 aliphatic rings. The van der Waals surface area contributed by atoms with Gasteiger partial charge in [0.1, 0.15) is 0 Å². The molecule has 0 spiro atoms. The maximum Gasteiger partial charge on any atom is 0.215 e. The van der Waals surface area contributed by atoms with E-state index in [1.807, 2.05) is 31.3 Å². The van der Waals surface area contributed by atoms with Gasteiger partial charge in [0, 0.05) is 20.2 Å². The van der Waals surface area contributed by atoms with Crippen LogP contribution >= 0.6 is 0 Å². The van der Waals surface area contributed by atoms with Crippen molar-refractivity contribution in [2.45, 2.75) is 37.2 Å². The molecule has 1 aromatic carbocycles. The lowest BCUT2D eigenvalue weighted by molar-refractivity contribution is -0.0659. The van der Waals surface area contributed by atoms with Crippen LogP contribution in [0.1, 0.15) is 30.4 Å². The first-order valence-corrected chi connectivity index (χ1v) is 8.89. The van der Waals surface area contributed by atoms with Crippen LogP contribution in [0.15, 0.2) is 24.3 Å². The van der Waals surface area contributed by atoms with Gasteiger partial charge in [0.2, 0.25) is 10.0 Å². The molecule has 2 rings (SSSR count). The minimum absolute atomic E-state index is 0.00431. The van der Waals surface area contributed by atoms with Crippen LogP contribution in [0.3, 0.4) is 0 Å². The third-order valence-corrected chi connectivity index (χ3v) is 5.34. The Morgan fingerprint density at radius 3 is 2.57 bits per heavy atom. The van der Waals surface area contributed by atoms with Gasteiger partial charge in [-0.25, -0.2) is 13.1 Å². The van der Waals surface area contributed by atoms with Crippen LogP contribution in [-0.4, -0.2) is 34.7 Å². The molecule has 0 amide bonds. The monoisotopic (exact) mass is 312 g/mol. The first-order chi connectivity index (χ1) is 9.99. The summed E-state index contributed by atoms with van der Waals surface area (Å²) in [4.78, 5) is 0. The maximum absolute atomic E-state index is 12.2. The molecule has 1 aromatic rings. The van der Waals surface area contributed by atoms with E-state index < -0.39 is 10.0 Å². The zero-order chi connectivity index (χ0) is 15.3. The van der Waals surface area contributed by atoms with Crippen LogP contribution in [-0.2, 0) is 27.1 Å². The largest absolute Gasteiger partial charge is 0.377 e. The Balaban J connectivity index is 1.95. The van der Waals surface area contributed by atoms with E-state index in [2.05, 4.69) is 10.0 Å². The molecule has 21 heavy (non-hydrogen) atoms. The first-order valence-electron chi connectivity index (χ1n) is 7.23. The minimum Gasteiger partial charge on any atom is -0.377 e. The van der Waals surface area contributed by atoms with Crippen molar-refractivity contribution in [3.05, 3.63) is 35.4 Å². The Bertz CT molecular complexity index is 563. The smallest absolute Gasteiger partial charge is 0.215 e. The molecule has 0 aliphatic heterocycles. The van der Waals surface area contributed by atoms with E-state index >= 15 is 0 Å². The van der Waals surface area contributed by atoms with Crippen molar-refractivity contribution in [3.63, 3.8) is 0 Å². The van der Waals surface area contributed by atoms with Crippen LogP contribution < -0.4 is 10.0 Å². The van der Waals surface area contributed by atoms with Gasteiger partial charge in [-0.1, -0.05) is 24.3 Å². The number of rotatable bonds is 8. The molecule has 0 aromatic heterocycles. The normalized spacial score (nSPS) is 17.4. The van der Waals surface area contributed by atoms with E-state index in [1.54, 1.807) is 7.11 Å². The van der Waals surface area contributed by atoms with E-state index in [-0.39, 0.29) is 11.4 Å². The number of benzene rings is 1. The molecule has 1 saturated carbocycles. The summed E-state index contributed by atoms with van der Waals surface area (Å²) < 4.78 is 32.5. The van der Waals surface area contributed by atoms with Gasteiger partial charge in [-0.05, 0) is 37.4 Å². The van der Waals surface area contributed by atoms with Gasteiger partial charge in [-0.2, -0.15) is 0 Å². The zero-order valence-electron chi connectivity index (χ0n) is 12.7. The highest BCUT2D eigenvalue weighted by Crippen LogP contribution is 2.34. The fourth-order valence-corrected chi connectivity index (χ4v) is 3.77. The predicted octanol–water partition coefficient (Wildman–Crippen LogP) is 1.39. The first kappa shape index (κ1) is 16.4. The number of sulfonamides is 1. The van der Waals surface area contributed by atoms with E-state index in [9.17, 15) is 8.42 Å². The third-order valence-electron chi connectivity index (χ3n) is 4.04. The quantitative estimate of drug-likeness (QED) is 0.761. The van der Waals surface area contributed by atoms with E-state index in [1.165, 1.54) is 0 Å². The molecule has 118 valence electrons. The molecule has 6 heteroatoms. The summed E-state index contributed by atoms with van der Waals surface area (Å²) in [6, 6.07) is 7.63. The fourth-order valence-electron chi connectivity index (χ4n) is 2.57. The van der Waals surface area contributed by atoms with Crippen LogP contribution in [0.25, 0.3) is 0 Å². The molecule has 0 radical (unpaired) electrons. The second-order valence-electron chi connectivity index (χ2n) is 5.67. The Labute approximate surface area is 127 Å². The Morgan fingerprint density at radius 1 is 1.29 bits per heavy atom. The number of hydrogen-bond acceptors (Lipinski definition) is 4. The number of nitrogens with one attached hydrogen (secondary N) is 2. The van der Waals surface area contributed by atoms with Crippen molar-refractivity contribution in [1.82, 2.24) is 10.0 Å². The van der Waals surface area contributed by atoms with E-state index in [4.69, 9.17) is 4.74 Å². The number of methoxy groups -OCH3 is 1. The minimum atomic E-state index is -3.34. The summed E-state index contributed by atoms with van der Waals surface area (Å²) >= 11 is 0. The van der Waals surface area contributed by atoms with Gasteiger partial charge in [-0.15, -0.1) is 0 Å². The summed E-state index contributed by atoms with van der Waals surface area (Å²) in [7, 11) is 0.180. The molecule has 0 saturated heterocycles. The maximum atomic E-state index is 12.2. The molecule has 2 N–H and O–H groups in total. The summed E-state index contributed by atoms with van der Waals surface area (Å²) in [5.41, 5.74) is 1.59. The predicted molar refractivity (Wildman–Crippen MR) is 83.4 cm³/mol. The van der Waals surface area contributed by atoms with Gasteiger partial charge in [0.25, 0.3) is 0 Å². The summed E-state index contributed by atoms with van der Waals surface area (Å²) in [5.74, 6) is 0.00431. The molecular formula is C15H24N2O3S. The zero-order valence-corrected chi connectivity index (χ0v) is 13.5. The standard InChI is InChI=1S/C15H24N2O3S/c1-16-10-13-5-3-6-14(9-13)11-21(18,19)17-12-15(20-2)7-4-8-15/h3,5-6,9,16-17H,4,7-8,10-12H2,1-2H3. The van der Waals surface area contributed by atoms with Crippen molar-refractivity contribution >= 4 is 10.0 Å². The average molecular weight is 312 g/mol. The fraction of sp³-hybridized carbons (Fsp3) is 0.600. The summed E-state index contributed by atoms with van der Waals surface area (Å²) in [6.45, 7) is 1.09. The highest BCUT2D eigenvalue weighted by Gasteiger charge is 2.37. The van der Waals surface area contributed by atoms with Crippen LogP contribution in [0, 0.1) is 0 Å². The average Bonchev–Trinajstić information content (AvgIpc) is 2.38. The van der Waals surface area contributed by atoms with Crippen molar-refractivity contribution in [2.24, 2.45) is 0 Å². The summed E-state index contributed by atoms with van der Waals surface area (Å²) in [6.07, 6.45) is 2.94. The van der Waals surface area contributed by atoms with Crippen molar-refractivity contribution in [2.75, 3.05) is 20.7 Å². The number of hydrogen-bond donors (Lipinski definition) is 2. The Kier molecular flexibility index (Phi) is 5.37. The lowest BCUT2D eigenvalue weighted by Gasteiger charge is -2.40. The number of ether oxygens (including phenoxy) is 1. The lowest BCUT2D eigenvalue weighted by Crippen LogP contribution is -2.49. The topological polar surface area (TPSA) is 67.4 Å². The van der Waals surface area contributed by atoms with E-state index in [0.717, 1.165) is 36.9 Å². The van der Waals surface area contributed by atoms with Gasteiger partial charge in [0.05, 0.1) is 11.4 Å². The summed E-state index contributed by atoms with van der Waals surface area (Å²) in [5, 5.41) is 3.06. The van der Waals surface area contributed by atoms with Crippen LogP contribution in [0.4, 0.5) is 0 Å². The molecular weight excluding hydrogens is 288 g/mol. The van der Waals surface area contributed by atoms with Crippen LogP contribution in [0.2, 0.25) is 0 Å². The molecule has 0 bridgehead atoms. The lowest BCUT2D eigenvalue weighted by atomic mass is 9.80. The molecule has 0 atom stereocenters. The highest BCUT2D eigenvalue weighted by molar-refractivity contribution is 7.88. The van der Waals surface area contributed by atoms with Gasteiger partial charge < -0.3 is 10.1 Å². The second-order valence-corrected chi connectivity index (χ2v) is 7.48. The SMILES string of the molecule is CNCc1cccc(CS(=O)(=O)NCC2(OC)CCC2)c1. The Morgan fingerprint density at radius 2 is 2.00 bits per heavy atom. The van der Waals surface area contributed by atoms with Gasteiger partial charge in [0.15, 0.2) is 0 Å². The van der Waals surface area contributed by atoms with Crippen molar-refractivity contribution in [3.8, 4) is 0 Å². The van der Waals surface area contributed by atoms with Gasteiger partial charge in [-0.3, -0.25) is 0 Å². The Hall–Kier alpha value is -0.950. The molecule has 5 nitrogen and oxygen atoms in total. The molecule has 0 heterocycles. The molecule has 0 unspecified atom stereocenters. The van der Waals surface area contributed by atoms with Crippen LogP contribution in [0.5, 0.6) is 0 Å². The molecule has 1 aliphatic carbocycles. The molecule has 1 fully saturated rings. The van der Waals surface area contributed by atoms with Crippen molar-refractivity contribution < 1.29 is 13.2 Å². The highest BCUT2D eigenvalue weighted by atomic mass is 32.2.